The van der Waals surface area contributed by atoms with Gasteiger partial charge in [-0.15, -0.1) is 0 Å². The summed E-state index contributed by atoms with van der Waals surface area (Å²) < 4.78 is 85.3. The fraction of sp³-hybridized carbons (Fsp3) is 0.269. The number of ether oxygens (including phenoxy) is 1. The first-order valence-corrected chi connectivity index (χ1v) is 14.0. The molecule has 11 heteroatoms. The largest absolute Gasteiger partial charge is 0.416 e. The van der Waals surface area contributed by atoms with Gasteiger partial charge in [0.2, 0.25) is 0 Å². The summed E-state index contributed by atoms with van der Waals surface area (Å²) in [5.74, 6) is -1.24. The molecule has 0 aliphatic carbocycles. The molecule has 4 nitrogen and oxygen atoms in total. The third kappa shape index (κ3) is 7.28. The van der Waals surface area contributed by atoms with Gasteiger partial charge >= 0.3 is 6.18 Å². The second kappa shape index (κ2) is 11.8. The molecule has 4 rings (SSSR count). The van der Waals surface area contributed by atoms with Gasteiger partial charge in [-0.2, -0.15) is 13.2 Å². The molecule has 0 N–H and O–H groups in total. The van der Waals surface area contributed by atoms with Gasteiger partial charge in [-0.1, -0.05) is 56.1 Å². The molecule has 37 heavy (non-hydrogen) atoms. The summed E-state index contributed by atoms with van der Waals surface area (Å²) in [6, 6.07) is 15.8. The maximum atomic E-state index is 13.8. The van der Waals surface area contributed by atoms with Crippen LogP contribution < -0.4 is 0 Å². The van der Waals surface area contributed by atoms with Crippen molar-refractivity contribution < 1.29 is 35.5 Å². The van der Waals surface area contributed by atoms with Gasteiger partial charge in [-0.3, -0.25) is 4.79 Å². The van der Waals surface area contributed by atoms with Gasteiger partial charge in [0.15, 0.2) is 9.84 Å². The van der Waals surface area contributed by atoms with E-state index < -0.39 is 43.1 Å². The number of hydrogen-bond donors (Lipinski definition) is 0. The van der Waals surface area contributed by atoms with Crippen LogP contribution in [0.4, 0.5) is 17.6 Å². The zero-order valence-corrected chi connectivity index (χ0v) is 23.4. The van der Waals surface area contributed by atoms with E-state index in [9.17, 15) is 30.8 Å². The Kier molecular flexibility index (Phi) is 9.36. The van der Waals surface area contributed by atoms with E-state index in [1.807, 2.05) is 12.1 Å². The first-order valence-electron chi connectivity index (χ1n) is 11.0. The van der Waals surface area contributed by atoms with Crippen molar-refractivity contribution in [1.82, 2.24) is 0 Å². The molecule has 1 fully saturated rings. The summed E-state index contributed by atoms with van der Waals surface area (Å²) in [7, 11) is -4.25. The lowest BCUT2D eigenvalue weighted by Gasteiger charge is -2.38. The molecule has 0 saturated carbocycles. The third-order valence-electron chi connectivity index (χ3n) is 5.97. The lowest BCUT2D eigenvalue weighted by molar-refractivity contribution is -0.137. The number of halogens is 6. The molecular weight excluding hydrogens is 644 g/mol. The Balaban J connectivity index is 0.000000356. The highest BCUT2D eigenvalue weighted by Gasteiger charge is 2.46. The highest BCUT2D eigenvalue weighted by atomic mass is 79.9. The van der Waals surface area contributed by atoms with E-state index in [1.54, 1.807) is 36.4 Å². The Morgan fingerprint density at radius 2 is 1.54 bits per heavy atom. The number of rotatable bonds is 4. The van der Waals surface area contributed by atoms with Crippen molar-refractivity contribution in [3.63, 3.8) is 0 Å². The van der Waals surface area contributed by atoms with Crippen LogP contribution in [0.2, 0.25) is 0 Å². The molecule has 0 aromatic heterocycles. The fourth-order valence-corrected chi connectivity index (χ4v) is 6.18. The average Bonchev–Trinajstić information content (AvgIpc) is 2.84. The highest BCUT2D eigenvalue weighted by molar-refractivity contribution is 9.10. The topological polar surface area (TPSA) is 60.4 Å². The molecule has 2 atom stereocenters. The van der Waals surface area contributed by atoms with E-state index in [4.69, 9.17) is 4.74 Å². The molecule has 3 aromatic rings. The second-order valence-electron chi connectivity index (χ2n) is 8.66. The fourth-order valence-electron chi connectivity index (χ4n) is 3.81. The van der Waals surface area contributed by atoms with Crippen molar-refractivity contribution in [3.05, 3.63) is 98.2 Å². The number of hydrogen-bond acceptors (Lipinski definition) is 4. The predicted molar refractivity (Wildman–Crippen MR) is 139 cm³/mol. The Bertz CT molecular complexity index is 1340. The molecule has 198 valence electrons. The lowest BCUT2D eigenvalue weighted by atomic mass is 9.92. The first kappa shape index (κ1) is 29.5. The summed E-state index contributed by atoms with van der Waals surface area (Å²) in [5.41, 5.74) is 0.143. The molecule has 1 saturated heterocycles. The monoisotopic (exact) mass is 664 g/mol. The SMILES string of the molecule is CC1(S(=O)(=O)c2cc(F)cc(C(F)(F)F)c2)CCOC(c2ccc(Br)cc2)C1.O=Cc1ccc(Br)cc1. The van der Waals surface area contributed by atoms with Crippen molar-refractivity contribution in [2.45, 2.75) is 41.7 Å². The normalized spacial score (nSPS) is 20.0. The van der Waals surface area contributed by atoms with Crippen LogP contribution in [0.5, 0.6) is 0 Å². The molecule has 1 aliphatic rings. The van der Waals surface area contributed by atoms with Crippen LogP contribution in [0, 0.1) is 5.82 Å². The average molecular weight is 666 g/mol. The minimum atomic E-state index is -4.84. The van der Waals surface area contributed by atoms with Crippen LogP contribution in [-0.4, -0.2) is 26.1 Å². The van der Waals surface area contributed by atoms with Crippen LogP contribution in [-0.2, 0) is 20.8 Å². The quantitative estimate of drug-likeness (QED) is 0.210. The number of sulfone groups is 1. The van der Waals surface area contributed by atoms with Gasteiger partial charge in [0, 0.05) is 21.1 Å². The third-order valence-corrected chi connectivity index (χ3v) is 9.55. The summed E-state index contributed by atoms with van der Waals surface area (Å²) in [6.45, 7) is 1.59. The van der Waals surface area contributed by atoms with Crippen LogP contribution >= 0.6 is 31.9 Å². The number of benzene rings is 3. The standard InChI is InChI=1S/C19H17BrF4O3S.C7H5BrO/c1-18(6-7-27-17(11-18)12-2-4-14(20)5-3-12)28(25,26)16-9-13(19(22,23)24)8-15(21)10-16;8-7-3-1-6(5-9)2-4-7/h2-5,8-10,17H,6-7,11H2,1H3;1-5H. The summed E-state index contributed by atoms with van der Waals surface area (Å²) in [4.78, 5) is 9.43. The zero-order chi connectivity index (χ0) is 27.4. The maximum Gasteiger partial charge on any atom is 0.416 e. The van der Waals surface area contributed by atoms with Gasteiger partial charge in [0.1, 0.15) is 12.1 Å². The van der Waals surface area contributed by atoms with E-state index in [2.05, 4.69) is 31.9 Å². The zero-order valence-electron chi connectivity index (χ0n) is 19.4. The Morgan fingerprint density at radius 1 is 0.973 bits per heavy atom. The molecule has 0 bridgehead atoms. The summed E-state index contributed by atoms with van der Waals surface area (Å²) in [5, 5.41) is 0. The van der Waals surface area contributed by atoms with Crippen LogP contribution in [0.1, 0.15) is 47.4 Å². The number of carbonyl (C=O) groups is 1. The molecular formula is C26H22Br2F4O4S. The smallest absolute Gasteiger partial charge is 0.373 e. The second-order valence-corrected chi connectivity index (χ2v) is 13.0. The Hall–Kier alpha value is -2.08. The van der Waals surface area contributed by atoms with Crippen LogP contribution in [0.15, 0.2) is 80.6 Å². The minimum absolute atomic E-state index is 0.0504. The van der Waals surface area contributed by atoms with Crippen molar-refractivity contribution in [3.8, 4) is 0 Å². The van der Waals surface area contributed by atoms with Gasteiger partial charge in [0.25, 0.3) is 0 Å². The lowest BCUT2D eigenvalue weighted by Crippen LogP contribution is -2.42. The van der Waals surface area contributed by atoms with Crippen molar-refractivity contribution in [2.75, 3.05) is 6.61 Å². The molecule has 2 unspecified atom stereocenters. The van der Waals surface area contributed by atoms with E-state index in [0.29, 0.717) is 17.7 Å². The van der Waals surface area contributed by atoms with Crippen molar-refractivity contribution in [2.24, 2.45) is 0 Å². The molecule has 0 amide bonds. The summed E-state index contributed by atoms with van der Waals surface area (Å²) >= 11 is 6.58. The molecule has 0 radical (unpaired) electrons. The Labute approximate surface area is 229 Å². The molecule has 3 aromatic carbocycles. The van der Waals surface area contributed by atoms with Gasteiger partial charge < -0.3 is 4.74 Å². The van der Waals surface area contributed by atoms with E-state index >= 15 is 0 Å². The first-order chi connectivity index (χ1) is 17.2. The van der Waals surface area contributed by atoms with Gasteiger partial charge in [-0.05, 0) is 67.8 Å². The van der Waals surface area contributed by atoms with Crippen LogP contribution in [0.25, 0.3) is 0 Å². The van der Waals surface area contributed by atoms with Crippen molar-refractivity contribution in [1.29, 1.82) is 0 Å². The number of aldehydes is 1. The molecule has 1 heterocycles. The predicted octanol–water partition coefficient (Wildman–Crippen LogP) is 7.95. The Morgan fingerprint density at radius 3 is 2.08 bits per heavy atom. The maximum absolute atomic E-state index is 13.8. The van der Waals surface area contributed by atoms with Gasteiger partial charge in [-0.25, -0.2) is 12.8 Å². The van der Waals surface area contributed by atoms with E-state index in [1.165, 1.54) is 6.92 Å². The van der Waals surface area contributed by atoms with Crippen molar-refractivity contribution >= 4 is 48.0 Å². The van der Waals surface area contributed by atoms with Gasteiger partial charge in [0.05, 0.1) is 21.3 Å². The number of carbonyl (C=O) groups excluding carboxylic acids is 1. The molecule has 0 spiro atoms. The van der Waals surface area contributed by atoms with E-state index in [0.717, 1.165) is 20.8 Å². The minimum Gasteiger partial charge on any atom is -0.373 e. The highest BCUT2D eigenvalue weighted by Crippen LogP contribution is 2.43. The van der Waals surface area contributed by atoms with Crippen LogP contribution in [0.3, 0.4) is 0 Å². The van der Waals surface area contributed by atoms with E-state index in [-0.39, 0.29) is 25.5 Å². The number of alkyl halides is 3. The summed E-state index contributed by atoms with van der Waals surface area (Å²) in [6.07, 6.45) is -4.40. The molecule has 1 aliphatic heterocycles.